The van der Waals surface area contributed by atoms with Gasteiger partial charge in [0.2, 0.25) is 0 Å². The summed E-state index contributed by atoms with van der Waals surface area (Å²) in [4.78, 5) is 0. The maximum atomic E-state index is 2.35. The summed E-state index contributed by atoms with van der Waals surface area (Å²) in [6.45, 7) is 6.66. The molecule has 0 nitrogen and oxygen atoms in total. The van der Waals surface area contributed by atoms with Gasteiger partial charge in [-0.05, 0) is 47.7 Å². The second-order valence-corrected chi connectivity index (χ2v) is 4.27. The molecule has 0 heteroatoms. The van der Waals surface area contributed by atoms with E-state index in [2.05, 4.69) is 51.1 Å². The number of hydrogen-bond acceptors (Lipinski definition) is 0. The summed E-state index contributed by atoms with van der Waals surface area (Å²) in [6.07, 6.45) is 2.40. The third kappa shape index (κ3) is 1.77. The van der Waals surface area contributed by atoms with Crippen LogP contribution >= 0.6 is 0 Å². The fourth-order valence-corrected chi connectivity index (χ4v) is 2.23. The molecule has 2 rings (SSSR count). The Hall–Kier alpha value is -1.30. The molecule has 2 aromatic carbocycles. The first-order valence-corrected chi connectivity index (χ1v) is 5.72. The molecule has 0 N–H and O–H groups in total. The first kappa shape index (κ1) is 10.2. The summed E-state index contributed by atoms with van der Waals surface area (Å²) in [6, 6.07) is 11.1. The predicted octanol–water partition coefficient (Wildman–Crippen LogP) is 4.41. The van der Waals surface area contributed by atoms with Gasteiger partial charge in [-0.3, -0.25) is 0 Å². The molecule has 0 amide bonds. The molecule has 0 heterocycles. The van der Waals surface area contributed by atoms with Crippen molar-refractivity contribution in [2.45, 2.75) is 33.6 Å². The van der Waals surface area contributed by atoms with Crippen LogP contribution in [0.2, 0.25) is 0 Å². The van der Waals surface area contributed by atoms with Crippen molar-refractivity contribution in [2.75, 3.05) is 0 Å². The number of hydrogen-bond donors (Lipinski definition) is 0. The van der Waals surface area contributed by atoms with Gasteiger partial charge in [-0.15, -0.1) is 0 Å². The highest BCUT2D eigenvalue weighted by Crippen LogP contribution is 2.26. The Balaban J connectivity index is 2.76. The molecule has 15 heavy (non-hydrogen) atoms. The molecule has 0 aliphatic rings. The number of rotatable bonds is 2. The molecule has 0 saturated carbocycles. The van der Waals surface area contributed by atoms with Gasteiger partial charge in [-0.2, -0.15) is 0 Å². The van der Waals surface area contributed by atoms with Crippen LogP contribution in [0.5, 0.6) is 0 Å². The standard InChI is InChI=1S/C15H18/c1-4-7-13-10-11(2)12(3)14-8-5-6-9-15(13)14/h5-6,8-10H,4,7H2,1-3H3. The van der Waals surface area contributed by atoms with Crippen LogP contribution in [0.15, 0.2) is 30.3 Å². The van der Waals surface area contributed by atoms with Crippen molar-refractivity contribution in [1.29, 1.82) is 0 Å². The average molecular weight is 198 g/mol. The van der Waals surface area contributed by atoms with Crippen molar-refractivity contribution in [3.63, 3.8) is 0 Å². The first-order valence-electron chi connectivity index (χ1n) is 5.72. The Morgan fingerprint density at radius 1 is 1.00 bits per heavy atom. The molecule has 78 valence electrons. The van der Waals surface area contributed by atoms with Gasteiger partial charge in [0, 0.05) is 0 Å². The summed E-state index contributed by atoms with van der Waals surface area (Å²) < 4.78 is 0. The van der Waals surface area contributed by atoms with Crippen LogP contribution in [-0.2, 0) is 6.42 Å². The summed E-state index contributed by atoms with van der Waals surface area (Å²) in [5.74, 6) is 0. The average Bonchev–Trinajstić information content (AvgIpc) is 2.26. The fraction of sp³-hybridized carbons (Fsp3) is 0.333. The number of benzene rings is 2. The topological polar surface area (TPSA) is 0 Å². The number of fused-ring (bicyclic) bond motifs is 1. The van der Waals surface area contributed by atoms with Crippen LogP contribution in [0.25, 0.3) is 10.8 Å². The van der Waals surface area contributed by atoms with Crippen molar-refractivity contribution in [1.82, 2.24) is 0 Å². The van der Waals surface area contributed by atoms with E-state index in [1.54, 1.807) is 0 Å². The van der Waals surface area contributed by atoms with Crippen molar-refractivity contribution in [2.24, 2.45) is 0 Å². The van der Waals surface area contributed by atoms with E-state index in [4.69, 9.17) is 0 Å². The van der Waals surface area contributed by atoms with Crippen LogP contribution in [-0.4, -0.2) is 0 Å². The number of aryl methyl sites for hydroxylation is 3. The zero-order chi connectivity index (χ0) is 10.8. The van der Waals surface area contributed by atoms with Crippen LogP contribution < -0.4 is 0 Å². The van der Waals surface area contributed by atoms with Gasteiger partial charge in [0.1, 0.15) is 0 Å². The molecular formula is C15H18. The second-order valence-electron chi connectivity index (χ2n) is 4.27. The van der Waals surface area contributed by atoms with Crippen LogP contribution in [0.1, 0.15) is 30.0 Å². The summed E-state index contributed by atoms with van der Waals surface area (Å²) in [5, 5.41) is 2.85. The summed E-state index contributed by atoms with van der Waals surface area (Å²) in [5.41, 5.74) is 4.33. The molecular weight excluding hydrogens is 180 g/mol. The monoisotopic (exact) mass is 198 g/mol. The van der Waals surface area contributed by atoms with E-state index in [1.807, 2.05) is 0 Å². The first-order chi connectivity index (χ1) is 7.24. The van der Waals surface area contributed by atoms with Crippen LogP contribution in [0.3, 0.4) is 0 Å². The van der Waals surface area contributed by atoms with Gasteiger partial charge in [0.15, 0.2) is 0 Å². The molecule has 0 unspecified atom stereocenters. The van der Waals surface area contributed by atoms with Gasteiger partial charge >= 0.3 is 0 Å². The van der Waals surface area contributed by atoms with Crippen LogP contribution in [0, 0.1) is 13.8 Å². The molecule has 0 aliphatic heterocycles. The van der Waals surface area contributed by atoms with Gasteiger partial charge in [0.05, 0.1) is 0 Å². The minimum Gasteiger partial charge on any atom is -0.0651 e. The smallest absolute Gasteiger partial charge is 0.0149 e. The Labute approximate surface area is 91.9 Å². The maximum Gasteiger partial charge on any atom is -0.0149 e. The molecule has 0 atom stereocenters. The Morgan fingerprint density at radius 3 is 2.33 bits per heavy atom. The van der Waals surface area contributed by atoms with Gasteiger partial charge in [-0.1, -0.05) is 43.7 Å². The molecule has 0 spiro atoms. The third-order valence-corrected chi connectivity index (χ3v) is 3.18. The largest absolute Gasteiger partial charge is 0.0651 e. The maximum absolute atomic E-state index is 2.35. The SMILES string of the molecule is CCCc1cc(C)c(C)c2ccccc12. The van der Waals surface area contributed by atoms with Gasteiger partial charge in [-0.25, -0.2) is 0 Å². The zero-order valence-corrected chi connectivity index (χ0v) is 9.80. The Kier molecular flexibility index (Phi) is 2.77. The minimum atomic E-state index is 1.18. The Morgan fingerprint density at radius 2 is 1.67 bits per heavy atom. The second kappa shape index (κ2) is 4.06. The van der Waals surface area contributed by atoms with E-state index in [9.17, 15) is 0 Å². The normalized spacial score (nSPS) is 10.9. The molecule has 0 fully saturated rings. The predicted molar refractivity (Wildman–Crippen MR) is 67.4 cm³/mol. The molecule has 0 aliphatic carbocycles. The van der Waals surface area contributed by atoms with E-state index in [-0.39, 0.29) is 0 Å². The highest BCUT2D eigenvalue weighted by molar-refractivity contribution is 5.89. The van der Waals surface area contributed by atoms with Gasteiger partial charge < -0.3 is 0 Å². The molecule has 0 bridgehead atoms. The van der Waals surface area contributed by atoms with Crippen molar-refractivity contribution >= 4 is 10.8 Å². The van der Waals surface area contributed by atoms with E-state index in [1.165, 1.54) is 40.3 Å². The quantitative estimate of drug-likeness (QED) is 0.670. The zero-order valence-electron chi connectivity index (χ0n) is 9.80. The van der Waals surface area contributed by atoms with E-state index in [0.29, 0.717) is 0 Å². The lowest BCUT2D eigenvalue weighted by molar-refractivity contribution is 0.927. The summed E-state index contributed by atoms with van der Waals surface area (Å²) >= 11 is 0. The van der Waals surface area contributed by atoms with Crippen molar-refractivity contribution in [3.8, 4) is 0 Å². The van der Waals surface area contributed by atoms with E-state index < -0.39 is 0 Å². The fourth-order valence-electron chi connectivity index (χ4n) is 2.23. The lowest BCUT2D eigenvalue weighted by atomic mass is 9.94. The van der Waals surface area contributed by atoms with E-state index in [0.717, 1.165) is 0 Å². The van der Waals surface area contributed by atoms with Crippen molar-refractivity contribution in [3.05, 3.63) is 47.0 Å². The summed E-state index contributed by atoms with van der Waals surface area (Å²) in [7, 11) is 0. The molecule has 2 aromatic rings. The lowest BCUT2D eigenvalue weighted by Gasteiger charge is -2.11. The third-order valence-electron chi connectivity index (χ3n) is 3.18. The Bertz CT molecular complexity index is 481. The lowest BCUT2D eigenvalue weighted by Crippen LogP contribution is -1.91. The van der Waals surface area contributed by atoms with Crippen LogP contribution in [0.4, 0.5) is 0 Å². The van der Waals surface area contributed by atoms with Gasteiger partial charge in [0.25, 0.3) is 0 Å². The highest BCUT2D eigenvalue weighted by atomic mass is 14.1. The highest BCUT2D eigenvalue weighted by Gasteiger charge is 2.04. The van der Waals surface area contributed by atoms with Crippen molar-refractivity contribution < 1.29 is 0 Å². The van der Waals surface area contributed by atoms with E-state index >= 15 is 0 Å². The molecule has 0 aromatic heterocycles. The molecule has 0 saturated heterocycles. The molecule has 0 radical (unpaired) electrons. The minimum absolute atomic E-state index is 1.18.